The third-order valence-corrected chi connectivity index (χ3v) is 6.33. The molecule has 1 aromatic heterocycles. The highest BCUT2D eigenvalue weighted by Crippen LogP contribution is 2.28. The van der Waals surface area contributed by atoms with E-state index in [4.69, 9.17) is 0 Å². The number of aromatic nitrogens is 1. The second-order valence-corrected chi connectivity index (χ2v) is 9.48. The molecule has 0 atom stereocenters. The molecule has 0 aliphatic rings. The molecule has 0 aliphatic heterocycles. The van der Waals surface area contributed by atoms with Crippen LogP contribution in [0.5, 0.6) is 0 Å². The largest absolute Gasteiger partial charge is 0.345 e. The third-order valence-electron chi connectivity index (χ3n) is 6.33. The van der Waals surface area contributed by atoms with Crippen molar-refractivity contribution in [3.63, 3.8) is 0 Å². The summed E-state index contributed by atoms with van der Waals surface area (Å²) in [6.45, 7) is 16.7. The van der Waals surface area contributed by atoms with Crippen LogP contribution in [0.2, 0.25) is 0 Å². The average Bonchev–Trinajstić information content (AvgIpc) is 3.43. The molecule has 0 aliphatic carbocycles. The van der Waals surface area contributed by atoms with Gasteiger partial charge in [-0.1, -0.05) is 138 Å². The van der Waals surface area contributed by atoms with Gasteiger partial charge < -0.3 is 10.3 Å². The molecule has 0 saturated heterocycles. The van der Waals surface area contributed by atoms with E-state index in [1.54, 1.807) is 0 Å². The molecule has 3 aromatic rings. The zero-order chi connectivity index (χ0) is 28.5. The number of unbranched alkanes of at least 4 members (excludes halogenated alkanes) is 1. The van der Waals surface area contributed by atoms with E-state index in [-0.39, 0.29) is 0 Å². The number of anilines is 1. The minimum Gasteiger partial charge on any atom is -0.345 e. The van der Waals surface area contributed by atoms with Crippen molar-refractivity contribution in [1.29, 1.82) is 0 Å². The highest BCUT2D eigenvalue weighted by molar-refractivity contribution is 5.82. The predicted octanol–water partition coefficient (Wildman–Crippen LogP) is 11.4. The Morgan fingerprint density at radius 1 is 0.974 bits per heavy atom. The van der Waals surface area contributed by atoms with Crippen molar-refractivity contribution in [3.8, 4) is 11.3 Å². The lowest BCUT2D eigenvalue weighted by Crippen LogP contribution is -2.04. The summed E-state index contributed by atoms with van der Waals surface area (Å²) in [6, 6.07) is 21.5. The molecule has 0 unspecified atom stereocenters. The molecule has 0 saturated carbocycles. The molecule has 0 bridgehead atoms. The van der Waals surface area contributed by atoms with Gasteiger partial charge in [0.2, 0.25) is 0 Å². The molecule has 3 rings (SSSR count). The monoisotopic (exact) mass is 520 g/mol. The number of nitrogens with one attached hydrogen (secondary N) is 2. The van der Waals surface area contributed by atoms with Crippen LogP contribution in [0, 0.1) is 0 Å². The molecule has 0 spiro atoms. The number of H-pyrrole nitrogens is 1. The van der Waals surface area contributed by atoms with Gasteiger partial charge in [0.15, 0.2) is 0 Å². The Morgan fingerprint density at radius 3 is 2.41 bits per heavy atom. The SMILES string of the molecule is C=C/C=C(\C=C(\C)CCC)c1cc(C/C(=C/C)Nc2ccc(-c3ccccc3)[nH]2)ccc1C=CCCC.CC. The minimum atomic E-state index is 0.821. The normalized spacial score (nSPS) is 12.3. The Morgan fingerprint density at radius 2 is 1.74 bits per heavy atom. The zero-order valence-electron chi connectivity index (χ0n) is 25.0. The van der Waals surface area contributed by atoms with Crippen molar-refractivity contribution in [3.05, 3.63) is 126 Å². The summed E-state index contributed by atoms with van der Waals surface area (Å²) in [5.74, 6) is 0.997. The summed E-state index contributed by atoms with van der Waals surface area (Å²) in [7, 11) is 0. The standard InChI is InChI=1S/C35H42N2.C2H6/c1-6-10-12-17-29-21-20-28(26-33(29)31(16-8-3)24-27(5)15-7-2)25-32(9-4)36-35-23-22-34(37-35)30-18-13-11-14-19-30;1-2/h8-9,11-14,16-24,26,36-37H,3,6-7,10,15,25H2,1-2,4-5H3;1-2H3/b17-12?,27-24-,31-16+,32-9-;. The Balaban J connectivity index is 0.00000260. The first-order valence-corrected chi connectivity index (χ1v) is 14.5. The minimum absolute atomic E-state index is 0.821. The van der Waals surface area contributed by atoms with Crippen LogP contribution in [0.15, 0.2) is 109 Å². The van der Waals surface area contributed by atoms with Gasteiger partial charge in [-0.3, -0.25) is 0 Å². The molecule has 0 fully saturated rings. The second-order valence-electron chi connectivity index (χ2n) is 9.48. The highest BCUT2D eigenvalue weighted by atomic mass is 15.0. The first kappa shape index (κ1) is 31.4. The van der Waals surface area contributed by atoms with Crippen LogP contribution < -0.4 is 5.32 Å². The second kappa shape index (κ2) is 17.7. The molecule has 2 N–H and O–H groups in total. The van der Waals surface area contributed by atoms with Gasteiger partial charge in [-0.25, -0.2) is 0 Å². The fraction of sp³-hybridized carbons (Fsp3) is 0.297. The van der Waals surface area contributed by atoms with Crippen molar-refractivity contribution in [2.75, 3.05) is 5.32 Å². The van der Waals surface area contributed by atoms with Crippen LogP contribution in [0.3, 0.4) is 0 Å². The van der Waals surface area contributed by atoms with Gasteiger partial charge in [-0.05, 0) is 66.6 Å². The van der Waals surface area contributed by atoms with E-state index in [2.05, 4.69) is 130 Å². The van der Waals surface area contributed by atoms with Gasteiger partial charge in [0, 0.05) is 17.8 Å². The van der Waals surface area contributed by atoms with Crippen molar-refractivity contribution >= 4 is 17.5 Å². The molecular weight excluding hydrogens is 472 g/mol. The molecule has 0 radical (unpaired) electrons. The van der Waals surface area contributed by atoms with Crippen LogP contribution in [0.25, 0.3) is 22.9 Å². The van der Waals surface area contributed by atoms with Crippen LogP contribution in [-0.2, 0) is 6.42 Å². The number of aromatic amines is 1. The van der Waals surface area contributed by atoms with Crippen LogP contribution >= 0.6 is 0 Å². The van der Waals surface area contributed by atoms with Gasteiger partial charge >= 0.3 is 0 Å². The molecular formula is C37H48N2. The lowest BCUT2D eigenvalue weighted by Gasteiger charge is -2.14. The van der Waals surface area contributed by atoms with E-state index in [0.29, 0.717) is 0 Å². The van der Waals surface area contributed by atoms with Crippen LogP contribution in [0.4, 0.5) is 5.82 Å². The quantitative estimate of drug-likeness (QED) is 0.215. The molecule has 2 heteroatoms. The Labute approximate surface area is 238 Å². The summed E-state index contributed by atoms with van der Waals surface area (Å²) < 4.78 is 0. The maximum Gasteiger partial charge on any atom is 0.107 e. The number of benzene rings is 2. The molecule has 39 heavy (non-hydrogen) atoms. The Bertz CT molecular complexity index is 1270. The topological polar surface area (TPSA) is 27.8 Å². The van der Waals surface area contributed by atoms with Crippen LogP contribution in [0.1, 0.15) is 83.9 Å². The van der Waals surface area contributed by atoms with E-state index >= 15 is 0 Å². The van der Waals surface area contributed by atoms with E-state index in [1.807, 2.05) is 26.0 Å². The summed E-state index contributed by atoms with van der Waals surface area (Å²) in [4.78, 5) is 3.51. The fourth-order valence-electron chi connectivity index (χ4n) is 4.43. The van der Waals surface area contributed by atoms with Gasteiger partial charge in [0.1, 0.15) is 5.82 Å². The van der Waals surface area contributed by atoms with Crippen molar-refractivity contribution in [2.24, 2.45) is 0 Å². The maximum atomic E-state index is 3.99. The van der Waals surface area contributed by atoms with Crippen molar-refractivity contribution < 1.29 is 0 Å². The number of hydrogen-bond acceptors (Lipinski definition) is 1. The first-order valence-electron chi connectivity index (χ1n) is 14.5. The van der Waals surface area contributed by atoms with E-state index in [1.165, 1.54) is 33.4 Å². The number of hydrogen-bond donors (Lipinski definition) is 2. The summed E-state index contributed by atoms with van der Waals surface area (Å²) in [5, 5.41) is 3.60. The van der Waals surface area contributed by atoms with Gasteiger partial charge in [-0.15, -0.1) is 0 Å². The summed E-state index contributed by atoms with van der Waals surface area (Å²) >= 11 is 0. The fourth-order valence-corrected chi connectivity index (χ4v) is 4.43. The zero-order valence-corrected chi connectivity index (χ0v) is 25.0. The Hall–Kier alpha value is -3.78. The maximum absolute atomic E-state index is 3.99. The smallest absolute Gasteiger partial charge is 0.107 e. The van der Waals surface area contributed by atoms with Gasteiger partial charge in [0.25, 0.3) is 0 Å². The van der Waals surface area contributed by atoms with Crippen molar-refractivity contribution in [2.45, 2.75) is 73.6 Å². The number of rotatable bonds is 13. The molecule has 206 valence electrons. The van der Waals surface area contributed by atoms with E-state index in [9.17, 15) is 0 Å². The number of allylic oxidation sites excluding steroid dienone is 8. The lowest BCUT2D eigenvalue weighted by atomic mass is 9.93. The molecule has 2 nitrogen and oxygen atoms in total. The lowest BCUT2D eigenvalue weighted by molar-refractivity contribution is 0.906. The van der Waals surface area contributed by atoms with Gasteiger partial charge in [-0.2, -0.15) is 0 Å². The molecule has 1 heterocycles. The van der Waals surface area contributed by atoms with Crippen molar-refractivity contribution in [1.82, 2.24) is 4.98 Å². The predicted molar refractivity (Wildman–Crippen MR) is 176 cm³/mol. The van der Waals surface area contributed by atoms with Gasteiger partial charge in [0.05, 0.1) is 0 Å². The third kappa shape index (κ3) is 10.1. The van der Waals surface area contributed by atoms with E-state index in [0.717, 1.165) is 49.3 Å². The van der Waals surface area contributed by atoms with Crippen LogP contribution in [-0.4, -0.2) is 4.98 Å². The highest BCUT2D eigenvalue weighted by Gasteiger charge is 2.09. The van der Waals surface area contributed by atoms with E-state index < -0.39 is 0 Å². The molecule has 2 aromatic carbocycles. The summed E-state index contributed by atoms with van der Waals surface area (Å²) in [6.07, 6.45) is 18.3. The summed E-state index contributed by atoms with van der Waals surface area (Å²) in [5.41, 5.74) is 9.83. The first-order chi connectivity index (χ1) is 19.1. The Kier molecular flexibility index (Phi) is 14.2. The average molecular weight is 521 g/mol. The molecule has 0 amide bonds.